The maximum Gasteiger partial charge on any atom is 0.247 e. The largest absolute Gasteiger partial charge is 0.497 e. The molecule has 0 aliphatic rings. The first-order valence-corrected chi connectivity index (χ1v) is 7.99. The highest BCUT2D eigenvalue weighted by Gasteiger charge is 2.22. The van der Waals surface area contributed by atoms with Gasteiger partial charge in [-0.1, -0.05) is 17.9 Å². The number of hydrogen-bond acceptors (Lipinski definition) is 3. The molecule has 2 aromatic carbocycles. The Hall–Kier alpha value is -2.43. The highest BCUT2D eigenvalue weighted by molar-refractivity contribution is 7.89. The fourth-order valence-electron chi connectivity index (χ4n) is 1.76. The van der Waals surface area contributed by atoms with Crippen molar-refractivity contribution in [3.05, 3.63) is 59.7 Å². The molecule has 2 rings (SSSR count). The van der Waals surface area contributed by atoms with Crippen LogP contribution < -0.4 is 9.46 Å². The maximum atomic E-state index is 13.5. The third kappa shape index (κ3) is 4.28. The van der Waals surface area contributed by atoms with Crippen molar-refractivity contribution in [1.82, 2.24) is 4.72 Å². The van der Waals surface area contributed by atoms with Gasteiger partial charge in [0.1, 0.15) is 17.4 Å². The van der Waals surface area contributed by atoms with Crippen molar-refractivity contribution in [3.63, 3.8) is 0 Å². The normalized spacial score (nSPS) is 10.7. The lowest BCUT2D eigenvalue weighted by molar-refractivity contribution is 0.415. The lowest BCUT2D eigenvalue weighted by Crippen LogP contribution is -2.26. The number of halogens is 2. The number of ether oxygens (including phenoxy) is 1. The van der Waals surface area contributed by atoms with Crippen LogP contribution in [-0.4, -0.2) is 22.1 Å². The first kappa shape index (κ1) is 16.9. The predicted molar refractivity (Wildman–Crippen MR) is 81.4 cm³/mol. The standard InChI is InChI=1S/C16H13F2NO3S/c1-22-13-9-7-12(8-10-13)4-3-11-19-23(20,21)16-14(17)5-2-6-15(16)18/h2,5-10,19H,11H2,1H3. The van der Waals surface area contributed by atoms with E-state index < -0.39 is 26.6 Å². The minimum atomic E-state index is -4.31. The Labute approximate surface area is 133 Å². The zero-order valence-corrected chi connectivity index (χ0v) is 13.0. The average molecular weight is 337 g/mol. The van der Waals surface area contributed by atoms with Crippen LogP contribution in [0.4, 0.5) is 8.78 Å². The second kappa shape index (κ2) is 7.22. The molecule has 0 spiro atoms. The molecule has 0 radical (unpaired) electrons. The van der Waals surface area contributed by atoms with Gasteiger partial charge in [-0.2, -0.15) is 4.72 Å². The molecule has 0 fully saturated rings. The van der Waals surface area contributed by atoms with E-state index in [0.717, 1.165) is 18.2 Å². The predicted octanol–water partition coefficient (Wildman–Crippen LogP) is 2.30. The Kier molecular flexibility index (Phi) is 5.32. The summed E-state index contributed by atoms with van der Waals surface area (Å²) in [5.41, 5.74) is 0.655. The van der Waals surface area contributed by atoms with E-state index in [0.29, 0.717) is 11.3 Å². The Balaban J connectivity index is 2.07. The monoisotopic (exact) mass is 337 g/mol. The summed E-state index contributed by atoms with van der Waals surface area (Å²) in [6.45, 7) is -0.276. The van der Waals surface area contributed by atoms with Crippen LogP contribution in [-0.2, 0) is 10.0 Å². The molecule has 0 amide bonds. The highest BCUT2D eigenvalue weighted by Crippen LogP contribution is 2.17. The third-order valence-electron chi connectivity index (χ3n) is 2.86. The minimum Gasteiger partial charge on any atom is -0.497 e. The number of rotatable bonds is 4. The van der Waals surface area contributed by atoms with Crippen LogP contribution in [0.3, 0.4) is 0 Å². The van der Waals surface area contributed by atoms with Gasteiger partial charge >= 0.3 is 0 Å². The van der Waals surface area contributed by atoms with E-state index in [1.165, 1.54) is 7.11 Å². The molecule has 0 aliphatic carbocycles. The molecule has 0 unspecified atom stereocenters. The number of hydrogen-bond donors (Lipinski definition) is 1. The topological polar surface area (TPSA) is 55.4 Å². The average Bonchev–Trinajstić information content (AvgIpc) is 2.52. The van der Waals surface area contributed by atoms with Gasteiger partial charge in [-0.25, -0.2) is 17.2 Å². The van der Waals surface area contributed by atoms with Crippen LogP contribution in [0.2, 0.25) is 0 Å². The van der Waals surface area contributed by atoms with Crippen molar-refractivity contribution in [3.8, 4) is 17.6 Å². The summed E-state index contributed by atoms with van der Waals surface area (Å²) >= 11 is 0. The van der Waals surface area contributed by atoms with Crippen LogP contribution in [0.15, 0.2) is 47.4 Å². The van der Waals surface area contributed by atoms with Crippen molar-refractivity contribution < 1.29 is 21.9 Å². The van der Waals surface area contributed by atoms with E-state index in [9.17, 15) is 17.2 Å². The molecule has 0 heterocycles. The van der Waals surface area contributed by atoms with E-state index >= 15 is 0 Å². The molecule has 4 nitrogen and oxygen atoms in total. The summed E-state index contributed by atoms with van der Waals surface area (Å²) in [5.74, 6) is 3.68. The molecule has 0 saturated carbocycles. The summed E-state index contributed by atoms with van der Waals surface area (Å²) < 4.78 is 57.8. The van der Waals surface area contributed by atoms with E-state index in [4.69, 9.17) is 4.74 Å². The third-order valence-corrected chi connectivity index (χ3v) is 4.31. The lowest BCUT2D eigenvalue weighted by Gasteiger charge is -2.05. The van der Waals surface area contributed by atoms with Gasteiger partial charge < -0.3 is 4.74 Å². The summed E-state index contributed by atoms with van der Waals surface area (Å²) in [6, 6.07) is 9.67. The molecule has 0 bridgehead atoms. The summed E-state index contributed by atoms with van der Waals surface area (Å²) in [6.07, 6.45) is 0. The van der Waals surface area contributed by atoms with Crippen molar-refractivity contribution in [2.24, 2.45) is 0 Å². The number of sulfonamides is 1. The van der Waals surface area contributed by atoms with Crippen molar-refractivity contribution in [1.29, 1.82) is 0 Å². The molecule has 0 saturated heterocycles. The Bertz CT molecular complexity index is 833. The molecule has 0 aliphatic heterocycles. The van der Waals surface area contributed by atoms with Crippen molar-refractivity contribution >= 4 is 10.0 Å². The molecule has 2 aromatic rings. The molecular weight excluding hydrogens is 324 g/mol. The first-order valence-electron chi connectivity index (χ1n) is 6.50. The van der Waals surface area contributed by atoms with Crippen LogP contribution >= 0.6 is 0 Å². The van der Waals surface area contributed by atoms with E-state index in [-0.39, 0.29) is 6.54 Å². The fourth-order valence-corrected chi connectivity index (χ4v) is 2.82. The van der Waals surface area contributed by atoms with Gasteiger partial charge in [0, 0.05) is 5.56 Å². The Morgan fingerprint density at radius 3 is 2.26 bits per heavy atom. The van der Waals surface area contributed by atoms with Crippen LogP contribution in [0.25, 0.3) is 0 Å². The highest BCUT2D eigenvalue weighted by atomic mass is 32.2. The number of methoxy groups -OCH3 is 1. The van der Waals surface area contributed by atoms with Crippen molar-refractivity contribution in [2.75, 3.05) is 13.7 Å². The molecule has 0 atom stereocenters. The van der Waals surface area contributed by atoms with Gasteiger partial charge in [0.25, 0.3) is 0 Å². The first-order chi connectivity index (χ1) is 10.9. The molecular formula is C16H13F2NO3S. The SMILES string of the molecule is COc1ccc(C#CCNS(=O)(=O)c2c(F)cccc2F)cc1. The van der Waals surface area contributed by atoms with E-state index in [2.05, 4.69) is 11.8 Å². The molecule has 23 heavy (non-hydrogen) atoms. The maximum absolute atomic E-state index is 13.5. The van der Waals surface area contributed by atoms with Crippen molar-refractivity contribution in [2.45, 2.75) is 4.90 Å². The second-order valence-electron chi connectivity index (χ2n) is 4.41. The molecule has 120 valence electrons. The summed E-state index contributed by atoms with van der Waals surface area (Å²) in [5, 5.41) is 0. The summed E-state index contributed by atoms with van der Waals surface area (Å²) in [4.78, 5) is -1.01. The lowest BCUT2D eigenvalue weighted by atomic mass is 10.2. The Morgan fingerprint density at radius 2 is 1.70 bits per heavy atom. The van der Waals surface area contributed by atoms with Crippen LogP contribution in [0.1, 0.15) is 5.56 Å². The zero-order chi connectivity index (χ0) is 16.9. The molecule has 0 aromatic heterocycles. The fraction of sp³-hybridized carbons (Fsp3) is 0.125. The van der Waals surface area contributed by atoms with E-state index in [1.54, 1.807) is 24.3 Å². The van der Waals surface area contributed by atoms with Crippen LogP contribution in [0, 0.1) is 23.5 Å². The summed E-state index contributed by atoms with van der Waals surface area (Å²) in [7, 11) is -2.77. The van der Waals surface area contributed by atoms with Gasteiger partial charge in [-0.05, 0) is 36.4 Å². The second-order valence-corrected chi connectivity index (χ2v) is 6.11. The smallest absolute Gasteiger partial charge is 0.247 e. The van der Waals surface area contributed by atoms with Gasteiger partial charge in [0.15, 0.2) is 4.90 Å². The van der Waals surface area contributed by atoms with Gasteiger partial charge in [-0.3, -0.25) is 0 Å². The quantitative estimate of drug-likeness (QED) is 0.871. The van der Waals surface area contributed by atoms with Gasteiger partial charge in [0.05, 0.1) is 13.7 Å². The Morgan fingerprint density at radius 1 is 1.09 bits per heavy atom. The van der Waals surface area contributed by atoms with Gasteiger partial charge in [0.2, 0.25) is 10.0 Å². The number of benzene rings is 2. The van der Waals surface area contributed by atoms with Gasteiger partial charge in [-0.15, -0.1) is 0 Å². The van der Waals surface area contributed by atoms with Crippen LogP contribution in [0.5, 0.6) is 5.75 Å². The number of nitrogens with one attached hydrogen (secondary N) is 1. The molecule has 1 N–H and O–H groups in total. The zero-order valence-electron chi connectivity index (χ0n) is 12.1. The minimum absolute atomic E-state index is 0.276. The van der Waals surface area contributed by atoms with E-state index in [1.807, 2.05) is 4.72 Å². The molecule has 7 heteroatoms.